The van der Waals surface area contributed by atoms with E-state index in [1.807, 2.05) is 6.07 Å². The minimum atomic E-state index is -1.15. The third-order valence-corrected chi connectivity index (χ3v) is 5.45. The van der Waals surface area contributed by atoms with E-state index in [9.17, 15) is 9.18 Å². The fourth-order valence-electron chi connectivity index (χ4n) is 3.95. The van der Waals surface area contributed by atoms with E-state index < -0.39 is 18.2 Å². The fraction of sp³-hybridized carbons (Fsp3) is 0.556. The Balaban J connectivity index is 1.40. The van der Waals surface area contributed by atoms with Crippen LogP contribution < -0.4 is 15.5 Å². The molecule has 10 heteroatoms. The summed E-state index contributed by atoms with van der Waals surface area (Å²) in [6.45, 7) is 0.574. The van der Waals surface area contributed by atoms with E-state index in [1.54, 1.807) is 17.2 Å². The second-order valence-corrected chi connectivity index (χ2v) is 7.42. The van der Waals surface area contributed by atoms with Crippen LogP contribution >= 0.6 is 0 Å². The molecule has 4 rings (SSSR count). The lowest BCUT2D eigenvalue weighted by Crippen LogP contribution is -2.32. The molecule has 0 radical (unpaired) electrons. The van der Waals surface area contributed by atoms with Crippen molar-refractivity contribution in [3.63, 3.8) is 0 Å². The number of H-pyrrole nitrogens is 1. The third-order valence-electron chi connectivity index (χ3n) is 5.45. The average Bonchev–Trinajstić information content (AvgIpc) is 3.41. The van der Waals surface area contributed by atoms with Crippen LogP contribution in [0.3, 0.4) is 0 Å². The molecular formula is C18H24FN7O2. The van der Waals surface area contributed by atoms with Gasteiger partial charge in [-0.1, -0.05) is 12.8 Å². The van der Waals surface area contributed by atoms with Gasteiger partial charge in [-0.2, -0.15) is 10.1 Å². The van der Waals surface area contributed by atoms with E-state index >= 15 is 0 Å². The molecule has 2 aliphatic rings. The highest BCUT2D eigenvalue weighted by Gasteiger charge is 2.34. The van der Waals surface area contributed by atoms with Crippen molar-refractivity contribution in [1.29, 1.82) is 0 Å². The molecule has 2 aromatic rings. The average molecular weight is 389 g/mol. The molecule has 1 aliphatic carbocycles. The Labute approximate surface area is 161 Å². The molecule has 9 nitrogen and oxygen atoms in total. The molecule has 2 atom stereocenters. The Hall–Kier alpha value is -2.91. The van der Waals surface area contributed by atoms with Crippen LogP contribution in [0.4, 0.5) is 26.8 Å². The maximum absolute atomic E-state index is 14.2. The number of rotatable bonds is 6. The minimum Gasteiger partial charge on any atom is -0.465 e. The lowest BCUT2D eigenvalue weighted by atomic mass is 10.0. The first kappa shape index (κ1) is 18.5. The van der Waals surface area contributed by atoms with Gasteiger partial charge in [-0.15, -0.1) is 0 Å². The summed E-state index contributed by atoms with van der Waals surface area (Å²) >= 11 is 0. The van der Waals surface area contributed by atoms with Crippen LogP contribution in [0.5, 0.6) is 0 Å². The van der Waals surface area contributed by atoms with Crippen LogP contribution in [-0.4, -0.2) is 57.2 Å². The van der Waals surface area contributed by atoms with E-state index in [0.717, 1.165) is 5.69 Å². The molecular weight excluding hydrogens is 365 g/mol. The number of nitrogens with one attached hydrogen (secondary N) is 3. The second kappa shape index (κ2) is 7.99. The number of carbonyl (C=O) groups is 1. The Bertz CT molecular complexity index is 824. The molecule has 1 saturated heterocycles. The van der Waals surface area contributed by atoms with Gasteiger partial charge in [0.05, 0.1) is 6.54 Å². The maximum atomic E-state index is 14.2. The standard InChI is InChI=1S/C18H24FN7O2/c19-13-10-26(9-12(13)8-21-18(27)28)17-20-6-5-15(23-17)22-16-7-14(24-25-16)11-3-1-2-4-11/h5-7,11-13,21H,1-4,8-10H2,(H,27,28)(H2,20,22,23,24,25)/t12-,13+/m0/s1. The molecule has 28 heavy (non-hydrogen) atoms. The Morgan fingerprint density at radius 3 is 2.93 bits per heavy atom. The summed E-state index contributed by atoms with van der Waals surface area (Å²) in [6, 6.07) is 3.75. The number of aromatic amines is 1. The zero-order valence-corrected chi connectivity index (χ0v) is 15.4. The zero-order valence-electron chi connectivity index (χ0n) is 15.4. The van der Waals surface area contributed by atoms with E-state index in [0.29, 0.717) is 30.0 Å². The number of halogens is 1. The van der Waals surface area contributed by atoms with Gasteiger partial charge in [-0.05, 0) is 18.9 Å². The number of carboxylic acid groups (broad SMARTS) is 1. The van der Waals surface area contributed by atoms with Gasteiger partial charge in [-0.3, -0.25) is 5.10 Å². The summed E-state index contributed by atoms with van der Waals surface area (Å²) in [4.78, 5) is 21.1. The topological polar surface area (TPSA) is 119 Å². The van der Waals surface area contributed by atoms with Crippen molar-refractivity contribution in [2.45, 2.75) is 37.8 Å². The first-order chi connectivity index (χ1) is 13.6. The highest BCUT2D eigenvalue weighted by atomic mass is 19.1. The van der Waals surface area contributed by atoms with Crippen molar-refractivity contribution >= 4 is 23.7 Å². The minimum absolute atomic E-state index is 0.0716. The lowest BCUT2D eigenvalue weighted by Gasteiger charge is -2.16. The van der Waals surface area contributed by atoms with Crippen LogP contribution in [0.1, 0.15) is 37.3 Å². The number of anilines is 3. The van der Waals surface area contributed by atoms with Crippen molar-refractivity contribution < 1.29 is 14.3 Å². The summed E-state index contributed by atoms with van der Waals surface area (Å²) in [6.07, 6.45) is 4.24. The summed E-state index contributed by atoms with van der Waals surface area (Å²) in [5.41, 5.74) is 1.14. The van der Waals surface area contributed by atoms with Gasteiger partial charge in [0, 0.05) is 42.9 Å². The third kappa shape index (κ3) is 4.15. The van der Waals surface area contributed by atoms with Crippen LogP contribution in [0.25, 0.3) is 0 Å². The predicted octanol–water partition coefficient (Wildman–Crippen LogP) is 2.64. The molecule has 2 aromatic heterocycles. The van der Waals surface area contributed by atoms with Crippen LogP contribution in [0, 0.1) is 5.92 Å². The quantitative estimate of drug-likeness (QED) is 0.600. The van der Waals surface area contributed by atoms with Crippen molar-refractivity contribution in [2.24, 2.45) is 5.92 Å². The molecule has 1 aliphatic heterocycles. The van der Waals surface area contributed by atoms with E-state index in [2.05, 4.69) is 30.8 Å². The number of hydrogen-bond donors (Lipinski definition) is 4. The largest absolute Gasteiger partial charge is 0.465 e. The summed E-state index contributed by atoms with van der Waals surface area (Å²) < 4.78 is 14.2. The van der Waals surface area contributed by atoms with Crippen molar-refractivity contribution in [3.05, 3.63) is 24.0 Å². The van der Waals surface area contributed by atoms with Crippen molar-refractivity contribution in [2.75, 3.05) is 29.9 Å². The number of aromatic nitrogens is 4. The number of hydrogen-bond acceptors (Lipinski definition) is 6. The van der Waals surface area contributed by atoms with E-state index in [4.69, 9.17) is 5.11 Å². The molecule has 0 bridgehead atoms. The van der Waals surface area contributed by atoms with E-state index in [1.165, 1.54) is 25.7 Å². The van der Waals surface area contributed by atoms with Crippen LogP contribution in [0.2, 0.25) is 0 Å². The van der Waals surface area contributed by atoms with Gasteiger partial charge in [-0.25, -0.2) is 14.2 Å². The van der Waals surface area contributed by atoms with Gasteiger partial charge in [0.25, 0.3) is 0 Å². The van der Waals surface area contributed by atoms with Gasteiger partial charge in [0.15, 0.2) is 5.82 Å². The first-order valence-electron chi connectivity index (χ1n) is 9.59. The van der Waals surface area contributed by atoms with Gasteiger partial charge in [0.1, 0.15) is 12.0 Å². The zero-order chi connectivity index (χ0) is 19.5. The first-order valence-corrected chi connectivity index (χ1v) is 9.59. The highest BCUT2D eigenvalue weighted by molar-refractivity contribution is 5.64. The second-order valence-electron chi connectivity index (χ2n) is 7.42. The molecule has 1 saturated carbocycles. The number of amides is 1. The number of nitrogens with zero attached hydrogens (tertiary/aromatic N) is 4. The molecule has 2 fully saturated rings. The number of alkyl halides is 1. The van der Waals surface area contributed by atoms with Crippen molar-refractivity contribution in [1.82, 2.24) is 25.5 Å². The fourth-order valence-corrected chi connectivity index (χ4v) is 3.95. The van der Waals surface area contributed by atoms with E-state index in [-0.39, 0.29) is 13.1 Å². The molecule has 0 aromatic carbocycles. The highest BCUT2D eigenvalue weighted by Crippen LogP contribution is 2.34. The van der Waals surface area contributed by atoms with Gasteiger partial charge < -0.3 is 20.6 Å². The summed E-state index contributed by atoms with van der Waals surface area (Å²) in [5, 5.41) is 21.5. The molecule has 0 unspecified atom stereocenters. The Morgan fingerprint density at radius 2 is 2.14 bits per heavy atom. The Morgan fingerprint density at radius 1 is 1.32 bits per heavy atom. The predicted molar refractivity (Wildman–Crippen MR) is 102 cm³/mol. The Kier molecular flexibility index (Phi) is 5.27. The SMILES string of the molecule is O=C(O)NC[C@H]1CN(c2nccc(Nc3cc(C4CCCC4)[nH]n3)n2)C[C@H]1F. The molecule has 0 spiro atoms. The van der Waals surface area contributed by atoms with Crippen molar-refractivity contribution in [3.8, 4) is 0 Å². The van der Waals surface area contributed by atoms with Gasteiger partial charge >= 0.3 is 6.09 Å². The maximum Gasteiger partial charge on any atom is 0.404 e. The molecule has 3 heterocycles. The smallest absolute Gasteiger partial charge is 0.404 e. The summed E-state index contributed by atoms with van der Waals surface area (Å²) in [5.74, 6) is 1.82. The normalized spacial score (nSPS) is 22.5. The summed E-state index contributed by atoms with van der Waals surface area (Å²) in [7, 11) is 0. The molecule has 150 valence electrons. The molecule has 1 amide bonds. The lowest BCUT2D eigenvalue weighted by molar-refractivity contribution is 0.189. The molecule has 4 N–H and O–H groups in total. The van der Waals surface area contributed by atoms with Gasteiger partial charge in [0.2, 0.25) is 5.95 Å². The monoisotopic (exact) mass is 389 g/mol. The van der Waals surface area contributed by atoms with Crippen LogP contribution in [0.15, 0.2) is 18.3 Å². The van der Waals surface area contributed by atoms with Crippen LogP contribution in [-0.2, 0) is 0 Å².